The number of benzene rings is 1. The molecular formula is C17H25N3O. The summed E-state index contributed by atoms with van der Waals surface area (Å²) in [5.74, 6) is 0.882. The van der Waals surface area contributed by atoms with Gasteiger partial charge in [0.05, 0.1) is 6.10 Å². The lowest BCUT2D eigenvalue weighted by Crippen LogP contribution is -2.43. The molecule has 1 saturated carbocycles. The van der Waals surface area contributed by atoms with Crippen LogP contribution in [0.3, 0.4) is 0 Å². The second-order valence-corrected chi connectivity index (χ2v) is 6.09. The summed E-state index contributed by atoms with van der Waals surface area (Å²) < 4.78 is 5.63. The molecule has 1 aromatic rings. The van der Waals surface area contributed by atoms with E-state index in [0.717, 1.165) is 32.1 Å². The van der Waals surface area contributed by atoms with Gasteiger partial charge < -0.3 is 15.4 Å². The summed E-state index contributed by atoms with van der Waals surface area (Å²) in [7, 11) is 1.83. The van der Waals surface area contributed by atoms with Crippen LogP contribution in [0.5, 0.6) is 0 Å². The van der Waals surface area contributed by atoms with E-state index in [1.54, 1.807) is 0 Å². The summed E-state index contributed by atoms with van der Waals surface area (Å²) >= 11 is 0. The van der Waals surface area contributed by atoms with Crippen molar-refractivity contribution >= 4 is 5.96 Å². The van der Waals surface area contributed by atoms with Crippen LogP contribution < -0.4 is 10.6 Å². The van der Waals surface area contributed by atoms with Gasteiger partial charge in [-0.15, -0.1) is 0 Å². The highest BCUT2D eigenvalue weighted by molar-refractivity contribution is 5.79. The Kier molecular flexibility index (Phi) is 4.44. The van der Waals surface area contributed by atoms with Crippen molar-refractivity contribution in [3.63, 3.8) is 0 Å². The lowest BCUT2D eigenvalue weighted by Gasteiger charge is -2.20. The van der Waals surface area contributed by atoms with Gasteiger partial charge in [-0.25, -0.2) is 0 Å². The minimum atomic E-state index is 0.308. The van der Waals surface area contributed by atoms with E-state index < -0.39 is 0 Å². The van der Waals surface area contributed by atoms with Crippen molar-refractivity contribution in [2.75, 3.05) is 26.7 Å². The zero-order chi connectivity index (χ0) is 14.5. The second-order valence-electron chi connectivity index (χ2n) is 6.09. The zero-order valence-corrected chi connectivity index (χ0v) is 12.8. The van der Waals surface area contributed by atoms with Crippen LogP contribution in [0.2, 0.25) is 0 Å². The Bertz CT molecular complexity index is 476. The Morgan fingerprint density at radius 3 is 2.71 bits per heavy atom. The summed E-state index contributed by atoms with van der Waals surface area (Å²) in [5.41, 5.74) is 1.75. The number of rotatable bonds is 5. The van der Waals surface area contributed by atoms with E-state index in [1.807, 2.05) is 7.05 Å². The van der Waals surface area contributed by atoms with Gasteiger partial charge in [0.15, 0.2) is 5.96 Å². The molecule has 1 atom stereocenters. The number of nitrogens with one attached hydrogen (secondary N) is 2. The molecule has 114 valence electrons. The number of hydrogen-bond donors (Lipinski definition) is 2. The maximum atomic E-state index is 5.63. The SMILES string of the molecule is CN=C(NCC1CCCO1)NCC1(c2ccccc2)CC1. The van der Waals surface area contributed by atoms with E-state index in [9.17, 15) is 0 Å². The van der Waals surface area contributed by atoms with Crippen molar-refractivity contribution in [1.29, 1.82) is 0 Å². The average Bonchev–Trinajstić information content (AvgIpc) is 3.15. The molecule has 2 fully saturated rings. The fourth-order valence-corrected chi connectivity index (χ4v) is 3.00. The van der Waals surface area contributed by atoms with E-state index in [2.05, 4.69) is 46.0 Å². The second kappa shape index (κ2) is 6.48. The summed E-state index contributed by atoms with van der Waals surface area (Å²) in [6.45, 7) is 2.69. The molecule has 4 nitrogen and oxygen atoms in total. The Morgan fingerprint density at radius 1 is 1.29 bits per heavy atom. The van der Waals surface area contributed by atoms with Crippen molar-refractivity contribution in [2.24, 2.45) is 4.99 Å². The predicted molar refractivity (Wildman–Crippen MR) is 85.7 cm³/mol. The molecule has 1 heterocycles. The van der Waals surface area contributed by atoms with Gasteiger partial charge in [0.1, 0.15) is 0 Å². The molecule has 1 aliphatic heterocycles. The summed E-state index contributed by atoms with van der Waals surface area (Å²) in [4.78, 5) is 4.31. The monoisotopic (exact) mass is 287 g/mol. The highest BCUT2D eigenvalue weighted by Crippen LogP contribution is 2.47. The molecule has 2 aliphatic rings. The normalized spacial score (nSPS) is 23.9. The lowest BCUT2D eigenvalue weighted by atomic mass is 9.96. The number of hydrogen-bond acceptors (Lipinski definition) is 2. The Labute approximate surface area is 127 Å². The van der Waals surface area contributed by atoms with Crippen molar-refractivity contribution in [1.82, 2.24) is 10.6 Å². The molecule has 2 N–H and O–H groups in total. The van der Waals surface area contributed by atoms with E-state index in [4.69, 9.17) is 4.74 Å². The molecule has 0 radical (unpaired) electrons. The predicted octanol–water partition coefficient (Wildman–Crippen LogP) is 2.06. The quantitative estimate of drug-likeness (QED) is 0.644. The van der Waals surface area contributed by atoms with Gasteiger partial charge in [-0.05, 0) is 31.2 Å². The van der Waals surface area contributed by atoms with Crippen molar-refractivity contribution in [2.45, 2.75) is 37.2 Å². The Hall–Kier alpha value is -1.55. The van der Waals surface area contributed by atoms with Gasteiger partial charge in [0.2, 0.25) is 0 Å². The molecule has 1 aromatic carbocycles. The molecule has 1 aliphatic carbocycles. The average molecular weight is 287 g/mol. The standard InChI is InChI=1S/C17H25N3O/c1-18-16(19-12-15-8-5-11-21-15)20-13-17(9-10-17)14-6-3-2-4-7-14/h2-4,6-7,15H,5,8-13H2,1H3,(H2,18,19,20). The fraction of sp³-hybridized carbons (Fsp3) is 0.588. The first-order valence-electron chi connectivity index (χ1n) is 7.94. The van der Waals surface area contributed by atoms with Gasteiger partial charge in [0.25, 0.3) is 0 Å². The van der Waals surface area contributed by atoms with Gasteiger partial charge in [0, 0.05) is 32.2 Å². The first-order valence-corrected chi connectivity index (χ1v) is 7.94. The molecular weight excluding hydrogens is 262 g/mol. The lowest BCUT2D eigenvalue weighted by molar-refractivity contribution is 0.114. The van der Waals surface area contributed by atoms with Crippen LogP contribution in [0.25, 0.3) is 0 Å². The Morgan fingerprint density at radius 2 is 2.10 bits per heavy atom. The van der Waals surface area contributed by atoms with E-state index in [1.165, 1.54) is 24.8 Å². The van der Waals surface area contributed by atoms with Crippen LogP contribution >= 0.6 is 0 Å². The first kappa shape index (κ1) is 14.4. The van der Waals surface area contributed by atoms with Crippen molar-refractivity contribution in [3.05, 3.63) is 35.9 Å². The number of nitrogens with zero attached hydrogens (tertiary/aromatic N) is 1. The van der Waals surface area contributed by atoms with Gasteiger partial charge in [-0.2, -0.15) is 0 Å². The fourth-order valence-electron chi connectivity index (χ4n) is 3.00. The minimum Gasteiger partial charge on any atom is -0.376 e. The highest BCUT2D eigenvalue weighted by atomic mass is 16.5. The van der Waals surface area contributed by atoms with Crippen LogP contribution in [-0.4, -0.2) is 38.8 Å². The third-order valence-corrected chi connectivity index (χ3v) is 4.58. The van der Waals surface area contributed by atoms with E-state index in [0.29, 0.717) is 11.5 Å². The molecule has 3 rings (SSSR count). The number of guanidine groups is 1. The van der Waals surface area contributed by atoms with E-state index >= 15 is 0 Å². The smallest absolute Gasteiger partial charge is 0.191 e. The molecule has 0 amide bonds. The van der Waals surface area contributed by atoms with Gasteiger partial charge >= 0.3 is 0 Å². The number of aliphatic imine (C=N–C) groups is 1. The van der Waals surface area contributed by atoms with Gasteiger partial charge in [-0.3, -0.25) is 4.99 Å². The maximum absolute atomic E-state index is 5.63. The highest BCUT2D eigenvalue weighted by Gasteiger charge is 2.43. The summed E-state index contributed by atoms with van der Waals surface area (Å²) in [6.07, 6.45) is 5.18. The van der Waals surface area contributed by atoms with Crippen molar-refractivity contribution < 1.29 is 4.74 Å². The van der Waals surface area contributed by atoms with Crippen LogP contribution in [0, 0.1) is 0 Å². The summed E-state index contributed by atoms with van der Waals surface area (Å²) in [5, 5.41) is 6.86. The topological polar surface area (TPSA) is 45.7 Å². The molecule has 0 spiro atoms. The molecule has 1 saturated heterocycles. The van der Waals surface area contributed by atoms with Gasteiger partial charge in [-0.1, -0.05) is 30.3 Å². The van der Waals surface area contributed by atoms with Crippen LogP contribution in [0.4, 0.5) is 0 Å². The van der Waals surface area contributed by atoms with Crippen molar-refractivity contribution in [3.8, 4) is 0 Å². The van der Waals surface area contributed by atoms with E-state index in [-0.39, 0.29) is 0 Å². The van der Waals surface area contributed by atoms with Crippen LogP contribution in [-0.2, 0) is 10.2 Å². The maximum Gasteiger partial charge on any atom is 0.191 e. The zero-order valence-electron chi connectivity index (χ0n) is 12.8. The van der Waals surface area contributed by atoms with Crippen LogP contribution in [0.1, 0.15) is 31.2 Å². The molecule has 21 heavy (non-hydrogen) atoms. The molecule has 1 unspecified atom stereocenters. The first-order chi connectivity index (χ1) is 10.3. The summed E-state index contributed by atoms with van der Waals surface area (Å²) in [6, 6.07) is 10.8. The largest absolute Gasteiger partial charge is 0.376 e. The molecule has 4 heteroatoms. The minimum absolute atomic E-state index is 0.308. The molecule has 0 aromatic heterocycles. The molecule has 0 bridgehead atoms. The number of ether oxygens (including phenoxy) is 1. The third-order valence-electron chi connectivity index (χ3n) is 4.58. The Balaban J connectivity index is 1.49. The third kappa shape index (κ3) is 3.56. The van der Waals surface area contributed by atoms with Crippen LogP contribution in [0.15, 0.2) is 35.3 Å².